The fourth-order valence-corrected chi connectivity index (χ4v) is 1.03. The maximum atomic E-state index is 13.0. The Morgan fingerprint density at radius 3 is 1.53 bits per heavy atom. The molecule has 0 bridgehead atoms. The molecule has 0 aliphatic rings. The van der Waals surface area contributed by atoms with Crippen molar-refractivity contribution >= 4 is 0 Å². The second-order valence-electron chi connectivity index (χ2n) is 2.75. The van der Waals surface area contributed by atoms with Crippen molar-refractivity contribution in [2.75, 3.05) is 0 Å². The first-order chi connectivity index (χ1) is 6.91. The third-order valence-corrected chi connectivity index (χ3v) is 1.83. The van der Waals surface area contributed by atoms with E-state index in [1.165, 1.54) is 0 Å². The molecule has 0 heterocycles. The van der Waals surface area contributed by atoms with Crippen LogP contribution < -0.4 is 5.73 Å². The summed E-state index contributed by atoms with van der Waals surface area (Å²) in [5.74, 6) is -10.1. The van der Waals surface area contributed by atoms with Crippen LogP contribution in [0.15, 0.2) is 12.7 Å². The van der Waals surface area contributed by atoms with Gasteiger partial charge in [0.1, 0.15) is 0 Å². The molecule has 1 aromatic carbocycles. The lowest BCUT2D eigenvalue weighted by molar-refractivity contribution is 0.367. The molecule has 15 heavy (non-hydrogen) atoms. The van der Waals surface area contributed by atoms with Gasteiger partial charge < -0.3 is 5.73 Å². The van der Waals surface area contributed by atoms with E-state index in [9.17, 15) is 22.0 Å². The minimum atomic E-state index is -2.20. The van der Waals surface area contributed by atoms with Crippen LogP contribution in [0.25, 0.3) is 0 Å². The monoisotopic (exact) mass is 223 g/mol. The number of halogens is 5. The molecular formula is C9H6F5N. The van der Waals surface area contributed by atoms with Crippen molar-refractivity contribution in [3.05, 3.63) is 47.3 Å². The normalized spacial score (nSPS) is 12.7. The fraction of sp³-hybridized carbons (Fsp3) is 0.111. The Bertz CT molecular complexity index is 386. The third-order valence-electron chi connectivity index (χ3n) is 1.83. The Morgan fingerprint density at radius 2 is 1.20 bits per heavy atom. The lowest BCUT2D eigenvalue weighted by Gasteiger charge is -2.11. The molecule has 2 N–H and O–H groups in total. The highest BCUT2D eigenvalue weighted by Crippen LogP contribution is 2.26. The first-order valence-corrected chi connectivity index (χ1v) is 3.81. The highest BCUT2D eigenvalue weighted by Gasteiger charge is 2.27. The molecule has 0 saturated heterocycles. The van der Waals surface area contributed by atoms with Crippen molar-refractivity contribution < 1.29 is 22.0 Å². The zero-order chi connectivity index (χ0) is 11.7. The molecule has 1 aromatic rings. The highest BCUT2D eigenvalue weighted by atomic mass is 19.2. The summed E-state index contributed by atoms with van der Waals surface area (Å²) in [6.45, 7) is 3.10. The topological polar surface area (TPSA) is 26.0 Å². The van der Waals surface area contributed by atoms with Crippen LogP contribution in [-0.2, 0) is 0 Å². The summed E-state index contributed by atoms with van der Waals surface area (Å²) < 4.78 is 63.9. The summed E-state index contributed by atoms with van der Waals surface area (Å²) in [5.41, 5.74) is 4.05. The molecule has 0 aromatic heterocycles. The Hall–Kier alpha value is -1.43. The van der Waals surface area contributed by atoms with Gasteiger partial charge in [-0.2, -0.15) is 0 Å². The minimum Gasteiger partial charge on any atom is -0.321 e. The van der Waals surface area contributed by atoms with E-state index in [1.54, 1.807) is 0 Å². The highest BCUT2D eigenvalue weighted by molar-refractivity contribution is 5.28. The van der Waals surface area contributed by atoms with Gasteiger partial charge >= 0.3 is 0 Å². The van der Waals surface area contributed by atoms with E-state index in [0.717, 1.165) is 6.08 Å². The van der Waals surface area contributed by atoms with Crippen molar-refractivity contribution in [3.8, 4) is 0 Å². The molecule has 0 fully saturated rings. The van der Waals surface area contributed by atoms with E-state index in [1.807, 2.05) is 0 Å². The van der Waals surface area contributed by atoms with Crippen molar-refractivity contribution in [1.29, 1.82) is 0 Å². The number of hydrogen-bond acceptors (Lipinski definition) is 1. The van der Waals surface area contributed by atoms with Crippen LogP contribution in [0.1, 0.15) is 11.6 Å². The maximum Gasteiger partial charge on any atom is 0.200 e. The van der Waals surface area contributed by atoms with Gasteiger partial charge in [0.25, 0.3) is 0 Å². The molecule has 6 heteroatoms. The molecule has 1 rings (SSSR count). The van der Waals surface area contributed by atoms with Crippen LogP contribution in [0.4, 0.5) is 22.0 Å². The second kappa shape index (κ2) is 3.98. The van der Waals surface area contributed by atoms with Crippen LogP contribution >= 0.6 is 0 Å². The van der Waals surface area contributed by atoms with Crippen LogP contribution in [-0.4, -0.2) is 0 Å². The van der Waals surface area contributed by atoms with Gasteiger partial charge in [0, 0.05) is 0 Å². The molecule has 1 nitrogen and oxygen atoms in total. The van der Waals surface area contributed by atoms with E-state index in [4.69, 9.17) is 5.73 Å². The zero-order valence-corrected chi connectivity index (χ0v) is 7.33. The summed E-state index contributed by atoms with van der Waals surface area (Å²) in [6, 6.07) is -1.45. The number of benzene rings is 1. The molecule has 0 saturated carbocycles. The van der Waals surface area contributed by atoms with Gasteiger partial charge in [0.2, 0.25) is 5.82 Å². The van der Waals surface area contributed by atoms with Gasteiger partial charge in [-0.3, -0.25) is 0 Å². The molecule has 0 aliphatic heterocycles. The number of hydrogen-bond donors (Lipinski definition) is 1. The van der Waals surface area contributed by atoms with Gasteiger partial charge in [-0.1, -0.05) is 6.08 Å². The molecule has 0 amide bonds. The van der Waals surface area contributed by atoms with E-state index >= 15 is 0 Å². The van der Waals surface area contributed by atoms with Crippen LogP contribution in [0.5, 0.6) is 0 Å². The van der Waals surface area contributed by atoms with Gasteiger partial charge in [-0.25, -0.2) is 22.0 Å². The van der Waals surface area contributed by atoms with Crippen molar-refractivity contribution in [1.82, 2.24) is 0 Å². The lowest BCUT2D eigenvalue weighted by Crippen LogP contribution is -2.15. The van der Waals surface area contributed by atoms with Gasteiger partial charge in [0.15, 0.2) is 23.3 Å². The summed E-state index contributed by atoms with van der Waals surface area (Å²) in [7, 11) is 0. The minimum absolute atomic E-state index is 0.873. The maximum absolute atomic E-state index is 13.0. The first-order valence-electron chi connectivity index (χ1n) is 3.81. The molecular weight excluding hydrogens is 217 g/mol. The smallest absolute Gasteiger partial charge is 0.200 e. The Labute approximate surface area is 82.0 Å². The first kappa shape index (κ1) is 11.6. The van der Waals surface area contributed by atoms with E-state index in [-0.39, 0.29) is 0 Å². The zero-order valence-electron chi connectivity index (χ0n) is 7.33. The number of nitrogens with two attached hydrogens (primary N) is 1. The molecule has 1 atom stereocenters. The third kappa shape index (κ3) is 1.72. The molecule has 82 valence electrons. The van der Waals surface area contributed by atoms with Crippen molar-refractivity contribution in [2.45, 2.75) is 6.04 Å². The van der Waals surface area contributed by atoms with Gasteiger partial charge in [0.05, 0.1) is 11.6 Å². The van der Waals surface area contributed by atoms with Gasteiger partial charge in [-0.15, -0.1) is 6.58 Å². The quantitative estimate of drug-likeness (QED) is 0.354. The van der Waals surface area contributed by atoms with E-state index < -0.39 is 40.7 Å². The fourth-order valence-electron chi connectivity index (χ4n) is 1.03. The molecule has 0 aliphatic carbocycles. The summed E-state index contributed by atoms with van der Waals surface area (Å²) in [5, 5.41) is 0. The lowest BCUT2D eigenvalue weighted by atomic mass is 10.1. The van der Waals surface area contributed by atoms with Crippen LogP contribution in [0.3, 0.4) is 0 Å². The Kier molecular flexibility index (Phi) is 3.09. The largest absolute Gasteiger partial charge is 0.321 e. The van der Waals surface area contributed by atoms with Crippen LogP contribution in [0.2, 0.25) is 0 Å². The van der Waals surface area contributed by atoms with Crippen LogP contribution in [0, 0.1) is 29.1 Å². The second-order valence-corrected chi connectivity index (χ2v) is 2.75. The Morgan fingerprint density at radius 1 is 0.867 bits per heavy atom. The van der Waals surface area contributed by atoms with E-state index in [0.29, 0.717) is 0 Å². The Balaban J connectivity index is 3.59. The molecule has 0 spiro atoms. The standard InChI is InChI=1S/C9H6F5N/c1-2-3(15)4-5(10)7(12)9(14)8(13)6(4)11/h2-3H,1,15H2/t3-/m0/s1. The molecule has 0 radical (unpaired) electrons. The predicted octanol–water partition coefficient (Wildman–Crippen LogP) is 2.57. The van der Waals surface area contributed by atoms with Crippen molar-refractivity contribution in [2.24, 2.45) is 5.73 Å². The summed E-state index contributed by atoms with van der Waals surface area (Å²) in [6.07, 6.45) is 0.873. The predicted molar refractivity (Wildman–Crippen MR) is 43.4 cm³/mol. The van der Waals surface area contributed by atoms with Gasteiger partial charge in [-0.05, 0) is 0 Å². The van der Waals surface area contributed by atoms with E-state index in [2.05, 4.69) is 6.58 Å². The SMILES string of the molecule is C=C[C@H](N)c1c(F)c(F)c(F)c(F)c1F. The average Bonchev–Trinajstić information content (AvgIpc) is 2.23. The average molecular weight is 223 g/mol. The van der Waals surface area contributed by atoms with Crippen molar-refractivity contribution in [3.63, 3.8) is 0 Å². The number of rotatable bonds is 2. The summed E-state index contributed by atoms with van der Waals surface area (Å²) in [4.78, 5) is 0. The summed E-state index contributed by atoms with van der Waals surface area (Å²) >= 11 is 0. The molecule has 0 unspecified atom stereocenters.